The highest BCUT2D eigenvalue weighted by Gasteiger charge is 2.27. The third-order valence-electron chi connectivity index (χ3n) is 3.77. The van der Waals surface area contributed by atoms with Crippen molar-refractivity contribution < 1.29 is 17.2 Å². The Morgan fingerprint density at radius 1 is 1.23 bits per heavy atom. The van der Waals surface area contributed by atoms with Crippen LogP contribution in [-0.2, 0) is 10.0 Å². The molecule has 2 aromatic rings. The monoisotopic (exact) mass is 327 g/mol. The molecule has 1 aromatic carbocycles. The molecule has 1 saturated carbocycles. The molecule has 0 atom stereocenters. The van der Waals surface area contributed by atoms with Crippen molar-refractivity contribution in [2.45, 2.75) is 36.6 Å². The van der Waals surface area contributed by atoms with Crippen LogP contribution >= 0.6 is 0 Å². The van der Waals surface area contributed by atoms with Gasteiger partial charge >= 0.3 is 0 Å². The van der Waals surface area contributed by atoms with Crippen molar-refractivity contribution in [2.24, 2.45) is 0 Å². The van der Waals surface area contributed by atoms with Gasteiger partial charge in [-0.15, -0.1) is 0 Å². The molecule has 1 aliphatic rings. The molecule has 0 amide bonds. The topological polar surface area (TPSA) is 64.0 Å². The average molecular weight is 327 g/mol. The van der Waals surface area contributed by atoms with Crippen molar-refractivity contribution in [1.29, 1.82) is 0 Å². The number of sulfonamides is 1. The van der Waals surface area contributed by atoms with Crippen molar-refractivity contribution >= 4 is 15.8 Å². The van der Waals surface area contributed by atoms with Crippen LogP contribution in [0.5, 0.6) is 0 Å². The lowest BCUT2D eigenvalue weighted by molar-refractivity contribution is 0.148. The second kappa shape index (κ2) is 5.68. The second-order valence-corrected chi connectivity index (χ2v) is 6.84. The van der Waals surface area contributed by atoms with Gasteiger partial charge in [0.05, 0.1) is 17.1 Å². The number of alkyl halides is 2. The Labute approximate surface area is 127 Å². The van der Waals surface area contributed by atoms with E-state index < -0.39 is 26.9 Å². The lowest BCUT2D eigenvalue weighted by Gasteiger charge is -2.27. The molecule has 1 fully saturated rings. The minimum absolute atomic E-state index is 0.165. The first-order chi connectivity index (χ1) is 10.5. The van der Waals surface area contributed by atoms with Gasteiger partial charge < -0.3 is 0 Å². The summed E-state index contributed by atoms with van der Waals surface area (Å²) in [5.41, 5.74) is -0.510. The number of aromatic nitrogens is 2. The number of nitrogens with zero attached hydrogens (tertiary/aromatic N) is 2. The van der Waals surface area contributed by atoms with Gasteiger partial charge in [-0.2, -0.15) is 5.10 Å². The first-order valence-corrected chi connectivity index (χ1v) is 8.41. The van der Waals surface area contributed by atoms with Crippen LogP contribution in [0.4, 0.5) is 14.6 Å². The predicted molar refractivity (Wildman–Crippen MR) is 77.3 cm³/mol. The fourth-order valence-electron chi connectivity index (χ4n) is 2.42. The molecule has 1 N–H and O–H groups in total. The summed E-state index contributed by atoms with van der Waals surface area (Å²) in [6, 6.07) is 6.79. The lowest BCUT2D eigenvalue weighted by atomic mass is 9.93. The van der Waals surface area contributed by atoms with Crippen molar-refractivity contribution in [3.05, 3.63) is 42.1 Å². The number of rotatable bonds is 5. The Bertz CT molecular complexity index is 770. The van der Waals surface area contributed by atoms with Gasteiger partial charge in [0, 0.05) is 11.6 Å². The first-order valence-electron chi connectivity index (χ1n) is 6.92. The van der Waals surface area contributed by atoms with Gasteiger partial charge in [-0.05, 0) is 25.3 Å². The van der Waals surface area contributed by atoms with Crippen molar-refractivity contribution in [1.82, 2.24) is 9.78 Å². The largest absolute Gasteiger partial charge is 0.265 e. The molecule has 1 aromatic heterocycles. The van der Waals surface area contributed by atoms with E-state index in [0.29, 0.717) is 5.82 Å². The highest BCUT2D eigenvalue weighted by atomic mass is 32.2. The number of nitrogens with one attached hydrogen (secondary N) is 1. The van der Waals surface area contributed by atoms with Crippen molar-refractivity contribution in [3.63, 3.8) is 0 Å². The zero-order chi connectivity index (χ0) is 15.7. The van der Waals surface area contributed by atoms with Gasteiger partial charge in [0.2, 0.25) is 0 Å². The average Bonchev–Trinajstić information content (AvgIpc) is 2.84. The summed E-state index contributed by atoms with van der Waals surface area (Å²) < 4.78 is 54.8. The number of hydrogen-bond acceptors (Lipinski definition) is 3. The Kier molecular flexibility index (Phi) is 3.86. The van der Waals surface area contributed by atoms with E-state index in [1.54, 1.807) is 4.68 Å². The quantitative estimate of drug-likeness (QED) is 0.916. The molecule has 1 heterocycles. The smallest absolute Gasteiger partial charge is 0.264 e. The van der Waals surface area contributed by atoms with Crippen LogP contribution in [0.25, 0.3) is 0 Å². The minimum atomic E-state index is -4.09. The number of anilines is 1. The van der Waals surface area contributed by atoms with Crippen molar-refractivity contribution in [2.75, 3.05) is 4.72 Å². The maximum absolute atomic E-state index is 13.0. The number of benzene rings is 1. The normalized spacial score (nSPS) is 15.8. The summed E-state index contributed by atoms with van der Waals surface area (Å²) >= 11 is 0. The fraction of sp³-hybridized carbons (Fsp3) is 0.357. The molecule has 5 nitrogen and oxygen atoms in total. The van der Waals surface area contributed by atoms with Gasteiger partial charge in [0.1, 0.15) is 5.82 Å². The molecular formula is C14H15F2N3O2S. The number of hydrogen-bond donors (Lipinski definition) is 1. The first kappa shape index (κ1) is 15.0. The minimum Gasteiger partial charge on any atom is -0.264 e. The molecule has 0 radical (unpaired) electrons. The Balaban J connectivity index is 1.93. The van der Waals surface area contributed by atoms with E-state index in [1.165, 1.54) is 30.5 Å². The van der Waals surface area contributed by atoms with Gasteiger partial charge in [0.25, 0.3) is 16.4 Å². The predicted octanol–water partition coefficient (Wildman–Crippen LogP) is 3.35. The second-order valence-electron chi connectivity index (χ2n) is 5.19. The molecule has 0 spiro atoms. The Morgan fingerprint density at radius 2 is 1.95 bits per heavy atom. The zero-order valence-electron chi connectivity index (χ0n) is 11.6. The standard InChI is InChI=1S/C14H15F2N3O2S/c15-14(16)11-6-1-2-7-12(11)22(20,21)18-13-8-9-17-19(13)10-4-3-5-10/h1-2,6-10,14,18H,3-5H2. The molecule has 118 valence electrons. The van der Waals surface area contributed by atoms with E-state index in [2.05, 4.69) is 9.82 Å². The highest BCUT2D eigenvalue weighted by molar-refractivity contribution is 7.92. The molecule has 1 aliphatic carbocycles. The third-order valence-corrected chi connectivity index (χ3v) is 5.20. The van der Waals surface area contributed by atoms with Gasteiger partial charge in [0.15, 0.2) is 0 Å². The molecule has 8 heteroatoms. The van der Waals surface area contributed by atoms with Crippen molar-refractivity contribution in [3.8, 4) is 0 Å². The zero-order valence-corrected chi connectivity index (χ0v) is 12.4. The van der Waals surface area contributed by atoms with E-state index in [4.69, 9.17) is 0 Å². The summed E-state index contributed by atoms with van der Waals surface area (Å²) in [4.78, 5) is -0.411. The molecule has 22 heavy (non-hydrogen) atoms. The summed E-state index contributed by atoms with van der Waals surface area (Å²) in [5.74, 6) is 0.300. The number of halogens is 2. The highest BCUT2D eigenvalue weighted by Crippen LogP contribution is 2.34. The molecule has 3 rings (SSSR count). The third kappa shape index (κ3) is 2.70. The van der Waals surface area contributed by atoms with E-state index in [-0.39, 0.29) is 6.04 Å². The van der Waals surface area contributed by atoms with E-state index in [0.717, 1.165) is 25.3 Å². The van der Waals surface area contributed by atoms with Crippen LogP contribution in [0, 0.1) is 0 Å². The van der Waals surface area contributed by atoms with Crippen LogP contribution in [-0.4, -0.2) is 18.2 Å². The lowest BCUT2D eigenvalue weighted by Crippen LogP contribution is -2.23. The molecule has 0 unspecified atom stereocenters. The van der Waals surface area contributed by atoms with Crippen LogP contribution in [0.3, 0.4) is 0 Å². The molecule has 0 bridgehead atoms. The van der Waals surface area contributed by atoms with Gasteiger partial charge in [-0.25, -0.2) is 21.9 Å². The van der Waals surface area contributed by atoms with Crippen LogP contribution in [0.15, 0.2) is 41.4 Å². The van der Waals surface area contributed by atoms with E-state index in [9.17, 15) is 17.2 Å². The summed E-state index contributed by atoms with van der Waals surface area (Å²) in [5, 5.41) is 4.12. The van der Waals surface area contributed by atoms with Crippen LogP contribution in [0.2, 0.25) is 0 Å². The van der Waals surface area contributed by atoms with E-state index >= 15 is 0 Å². The molecule has 0 aliphatic heterocycles. The van der Waals surface area contributed by atoms with Gasteiger partial charge in [-0.3, -0.25) is 4.72 Å². The van der Waals surface area contributed by atoms with Crippen LogP contribution in [0.1, 0.15) is 37.3 Å². The van der Waals surface area contributed by atoms with Gasteiger partial charge in [-0.1, -0.05) is 18.2 Å². The summed E-state index contributed by atoms with van der Waals surface area (Å²) in [6.45, 7) is 0. The maximum atomic E-state index is 13.0. The summed E-state index contributed by atoms with van der Waals surface area (Å²) in [6.07, 6.45) is 1.58. The Morgan fingerprint density at radius 3 is 2.59 bits per heavy atom. The molecular weight excluding hydrogens is 312 g/mol. The fourth-order valence-corrected chi connectivity index (χ4v) is 3.69. The van der Waals surface area contributed by atoms with E-state index in [1.807, 2.05) is 0 Å². The Hall–Kier alpha value is -1.96. The summed E-state index contributed by atoms with van der Waals surface area (Å²) in [7, 11) is -4.09. The maximum Gasteiger partial charge on any atom is 0.265 e. The SMILES string of the molecule is O=S(=O)(Nc1ccnn1C1CCC1)c1ccccc1C(F)F. The van der Waals surface area contributed by atoms with Crippen LogP contribution < -0.4 is 4.72 Å². The molecule has 0 saturated heterocycles.